The molecule has 0 saturated carbocycles. The summed E-state index contributed by atoms with van der Waals surface area (Å²) in [5.74, 6) is 0. The Morgan fingerprint density at radius 2 is 2.23 bits per heavy atom. The monoisotopic (exact) mass is 177 g/mol. The highest BCUT2D eigenvalue weighted by atomic mass is 15.1. The van der Waals surface area contributed by atoms with E-state index < -0.39 is 0 Å². The SMILES string of the molecule is CC(N=CN(C)C)c1ccccn1. The number of aromatic nitrogens is 1. The summed E-state index contributed by atoms with van der Waals surface area (Å²) >= 11 is 0. The van der Waals surface area contributed by atoms with E-state index in [0.29, 0.717) is 0 Å². The Balaban J connectivity index is 2.64. The van der Waals surface area contributed by atoms with Gasteiger partial charge in [-0.3, -0.25) is 9.98 Å². The molecule has 0 aliphatic carbocycles. The fraction of sp³-hybridized carbons (Fsp3) is 0.400. The van der Waals surface area contributed by atoms with E-state index in [0.717, 1.165) is 5.69 Å². The van der Waals surface area contributed by atoms with Crippen molar-refractivity contribution in [3.8, 4) is 0 Å². The molecule has 0 N–H and O–H groups in total. The van der Waals surface area contributed by atoms with E-state index in [-0.39, 0.29) is 6.04 Å². The quantitative estimate of drug-likeness (QED) is 0.519. The zero-order valence-electron chi connectivity index (χ0n) is 8.31. The van der Waals surface area contributed by atoms with Crippen LogP contribution in [-0.4, -0.2) is 30.3 Å². The Kier molecular flexibility index (Phi) is 3.43. The largest absolute Gasteiger partial charge is 0.369 e. The van der Waals surface area contributed by atoms with Crippen LogP contribution in [0.2, 0.25) is 0 Å². The zero-order chi connectivity index (χ0) is 9.68. The molecule has 70 valence electrons. The predicted molar refractivity (Wildman–Crippen MR) is 54.8 cm³/mol. The highest BCUT2D eigenvalue weighted by Crippen LogP contribution is 2.11. The molecule has 0 saturated heterocycles. The molecular formula is C10H15N3. The molecule has 1 heterocycles. The molecule has 3 nitrogen and oxygen atoms in total. The number of hydrogen-bond acceptors (Lipinski definition) is 2. The number of aliphatic imine (C=N–C) groups is 1. The van der Waals surface area contributed by atoms with Crippen LogP contribution in [0.4, 0.5) is 0 Å². The smallest absolute Gasteiger partial charge is 0.0908 e. The predicted octanol–water partition coefficient (Wildman–Crippen LogP) is 1.73. The van der Waals surface area contributed by atoms with Gasteiger partial charge in [-0.2, -0.15) is 0 Å². The van der Waals surface area contributed by atoms with Crippen LogP contribution in [0.25, 0.3) is 0 Å². The minimum atomic E-state index is 0.128. The maximum atomic E-state index is 4.33. The van der Waals surface area contributed by atoms with Crippen molar-refractivity contribution < 1.29 is 0 Å². The van der Waals surface area contributed by atoms with Crippen LogP contribution < -0.4 is 0 Å². The van der Waals surface area contributed by atoms with E-state index in [1.807, 2.05) is 44.1 Å². The molecule has 1 unspecified atom stereocenters. The molecule has 0 aliphatic heterocycles. The molecule has 3 heteroatoms. The van der Waals surface area contributed by atoms with E-state index in [2.05, 4.69) is 9.98 Å². The lowest BCUT2D eigenvalue weighted by atomic mass is 10.2. The topological polar surface area (TPSA) is 28.5 Å². The van der Waals surface area contributed by atoms with Crippen molar-refractivity contribution in [2.24, 2.45) is 4.99 Å². The molecule has 0 aromatic carbocycles. The summed E-state index contributed by atoms with van der Waals surface area (Å²) in [6, 6.07) is 6.00. The second-order valence-corrected chi connectivity index (χ2v) is 3.16. The molecule has 1 atom stereocenters. The first kappa shape index (κ1) is 9.71. The van der Waals surface area contributed by atoms with Crippen LogP contribution in [0.15, 0.2) is 29.4 Å². The Morgan fingerprint density at radius 1 is 1.46 bits per heavy atom. The zero-order valence-corrected chi connectivity index (χ0v) is 8.31. The van der Waals surface area contributed by atoms with Crippen molar-refractivity contribution in [3.05, 3.63) is 30.1 Å². The third-order valence-electron chi connectivity index (χ3n) is 1.64. The third kappa shape index (κ3) is 3.23. The first-order valence-electron chi connectivity index (χ1n) is 4.31. The fourth-order valence-electron chi connectivity index (χ4n) is 0.933. The molecule has 0 bridgehead atoms. The molecule has 0 fully saturated rings. The van der Waals surface area contributed by atoms with Gasteiger partial charge in [-0.05, 0) is 19.1 Å². The molecular weight excluding hydrogens is 162 g/mol. The van der Waals surface area contributed by atoms with Gasteiger partial charge in [0.05, 0.1) is 18.1 Å². The van der Waals surface area contributed by atoms with E-state index in [1.165, 1.54) is 0 Å². The van der Waals surface area contributed by atoms with Crippen LogP contribution in [0.1, 0.15) is 18.7 Å². The summed E-state index contributed by atoms with van der Waals surface area (Å²) in [7, 11) is 3.91. The Hall–Kier alpha value is -1.38. The minimum absolute atomic E-state index is 0.128. The van der Waals surface area contributed by atoms with Gasteiger partial charge in [0.15, 0.2) is 0 Å². The number of pyridine rings is 1. The first-order valence-corrected chi connectivity index (χ1v) is 4.31. The third-order valence-corrected chi connectivity index (χ3v) is 1.64. The first-order chi connectivity index (χ1) is 6.20. The van der Waals surface area contributed by atoms with Crippen molar-refractivity contribution in [1.82, 2.24) is 9.88 Å². The van der Waals surface area contributed by atoms with E-state index in [9.17, 15) is 0 Å². The van der Waals surface area contributed by atoms with Gasteiger partial charge in [0.2, 0.25) is 0 Å². The van der Waals surface area contributed by atoms with Gasteiger partial charge < -0.3 is 4.90 Å². The van der Waals surface area contributed by atoms with Gasteiger partial charge in [0.25, 0.3) is 0 Å². The lowest BCUT2D eigenvalue weighted by molar-refractivity contribution is 0.628. The van der Waals surface area contributed by atoms with Gasteiger partial charge in [-0.15, -0.1) is 0 Å². The Labute approximate surface area is 79.1 Å². The summed E-state index contributed by atoms with van der Waals surface area (Å²) in [5, 5.41) is 0. The van der Waals surface area contributed by atoms with Crippen molar-refractivity contribution in [2.45, 2.75) is 13.0 Å². The molecule has 1 aromatic rings. The van der Waals surface area contributed by atoms with E-state index in [4.69, 9.17) is 0 Å². The lowest BCUT2D eigenvalue weighted by Gasteiger charge is -2.07. The average molecular weight is 177 g/mol. The maximum absolute atomic E-state index is 4.33. The lowest BCUT2D eigenvalue weighted by Crippen LogP contribution is -2.08. The van der Waals surface area contributed by atoms with Gasteiger partial charge in [-0.25, -0.2) is 0 Å². The molecule has 1 rings (SSSR count). The summed E-state index contributed by atoms with van der Waals surface area (Å²) in [6.45, 7) is 2.03. The van der Waals surface area contributed by atoms with Crippen molar-refractivity contribution >= 4 is 6.34 Å². The van der Waals surface area contributed by atoms with Crippen molar-refractivity contribution in [3.63, 3.8) is 0 Å². The summed E-state index contributed by atoms with van der Waals surface area (Å²) in [6.07, 6.45) is 3.59. The fourth-order valence-corrected chi connectivity index (χ4v) is 0.933. The van der Waals surface area contributed by atoms with E-state index >= 15 is 0 Å². The maximum Gasteiger partial charge on any atom is 0.0908 e. The van der Waals surface area contributed by atoms with Crippen molar-refractivity contribution in [2.75, 3.05) is 14.1 Å². The molecule has 0 amide bonds. The van der Waals surface area contributed by atoms with Crippen molar-refractivity contribution in [1.29, 1.82) is 0 Å². The van der Waals surface area contributed by atoms with Gasteiger partial charge in [0, 0.05) is 20.3 Å². The highest BCUT2D eigenvalue weighted by Gasteiger charge is 2.01. The molecule has 0 radical (unpaired) electrons. The number of nitrogens with zero attached hydrogens (tertiary/aromatic N) is 3. The normalized spacial score (nSPS) is 13.2. The molecule has 0 aliphatic rings. The number of rotatable bonds is 3. The average Bonchev–Trinajstić information content (AvgIpc) is 2.15. The second-order valence-electron chi connectivity index (χ2n) is 3.16. The van der Waals surface area contributed by atoms with Gasteiger partial charge in [0.1, 0.15) is 0 Å². The van der Waals surface area contributed by atoms with E-state index in [1.54, 1.807) is 12.5 Å². The summed E-state index contributed by atoms with van der Waals surface area (Å²) in [4.78, 5) is 10.5. The molecule has 0 spiro atoms. The van der Waals surface area contributed by atoms with Crippen LogP contribution in [0.3, 0.4) is 0 Å². The van der Waals surface area contributed by atoms with Gasteiger partial charge in [-0.1, -0.05) is 6.07 Å². The highest BCUT2D eigenvalue weighted by molar-refractivity contribution is 5.54. The van der Waals surface area contributed by atoms with Crippen LogP contribution in [0, 0.1) is 0 Å². The summed E-state index contributed by atoms with van der Waals surface area (Å²) < 4.78 is 0. The van der Waals surface area contributed by atoms with Crippen LogP contribution in [-0.2, 0) is 0 Å². The molecule has 13 heavy (non-hydrogen) atoms. The standard InChI is InChI=1S/C10H15N3/c1-9(12-8-13(2)3)10-6-4-5-7-11-10/h4-9H,1-3H3. The van der Waals surface area contributed by atoms with Crippen LogP contribution in [0.5, 0.6) is 0 Å². The van der Waals surface area contributed by atoms with Crippen LogP contribution >= 0.6 is 0 Å². The number of hydrogen-bond donors (Lipinski definition) is 0. The minimum Gasteiger partial charge on any atom is -0.369 e. The summed E-state index contributed by atoms with van der Waals surface area (Å²) in [5.41, 5.74) is 1.00. The Bertz CT molecular complexity index is 267. The molecule has 1 aromatic heterocycles. The second kappa shape index (κ2) is 4.60. The Morgan fingerprint density at radius 3 is 2.77 bits per heavy atom. The van der Waals surface area contributed by atoms with Gasteiger partial charge >= 0.3 is 0 Å².